The predicted molar refractivity (Wildman–Crippen MR) is 129 cm³/mol. The number of aryl methyl sites for hydroxylation is 2. The minimum atomic E-state index is -0.0979. The molecule has 0 spiro atoms. The summed E-state index contributed by atoms with van der Waals surface area (Å²) in [6.07, 6.45) is 4.07. The summed E-state index contributed by atoms with van der Waals surface area (Å²) in [7, 11) is 0. The minimum Gasteiger partial charge on any atom is -0.332 e. The average molecular weight is 462 g/mol. The number of nitrogens with one attached hydrogen (secondary N) is 1. The molecule has 4 aromatic rings. The molecular weight excluding hydrogens is 442 g/mol. The summed E-state index contributed by atoms with van der Waals surface area (Å²) < 4.78 is 0. The summed E-state index contributed by atoms with van der Waals surface area (Å²) >= 11 is 7.82. The van der Waals surface area contributed by atoms with E-state index in [1.165, 1.54) is 11.3 Å². The fraction of sp³-hybridized carbons (Fsp3) is 0.167. The van der Waals surface area contributed by atoms with Gasteiger partial charge in [0.25, 0.3) is 5.91 Å². The van der Waals surface area contributed by atoms with Crippen molar-refractivity contribution in [2.75, 3.05) is 16.8 Å². The number of anilines is 3. The zero-order valence-electron chi connectivity index (χ0n) is 17.6. The van der Waals surface area contributed by atoms with Crippen molar-refractivity contribution in [1.82, 2.24) is 15.0 Å². The van der Waals surface area contributed by atoms with Gasteiger partial charge in [-0.3, -0.25) is 14.7 Å². The van der Waals surface area contributed by atoms with Gasteiger partial charge in [0.15, 0.2) is 5.13 Å². The topological polar surface area (TPSA) is 71.0 Å². The Morgan fingerprint density at radius 2 is 1.91 bits per heavy atom. The van der Waals surface area contributed by atoms with Crippen LogP contribution in [0.5, 0.6) is 0 Å². The molecule has 8 heteroatoms. The first kappa shape index (κ1) is 20.6. The Morgan fingerprint density at radius 1 is 1.09 bits per heavy atom. The third kappa shape index (κ3) is 3.85. The number of amides is 1. The van der Waals surface area contributed by atoms with E-state index >= 15 is 0 Å². The zero-order chi connectivity index (χ0) is 22.2. The van der Waals surface area contributed by atoms with Crippen LogP contribution < -0.4 is 10.2 Å². The summed E-state index contributed by atoms with van der Waals surface area (Å²) in [4.78, 5) is 29.3. The Bertz CT molecular complexity index is 1320. The van der Waals surface area contributed by atoms with Gasteiger partial charge >= 0.3 is 0 Å². The van der Waals surface area contributed by atoms with Gasteiger partial charge in [0.2, 0.25) is 0 Å². The standard InChI is InChI=1S/C24H20ClN5OS/c1-14-10-15(2)21(27-12-14)17-11-20(26-13-18(17)25)30-9-8-19-22(23(30)31)32-24(29-19)28-16-6-4-3-5-7-16/h3-7,10-13H,8-9H2,1-2H3,(H,28,29). The van der Waals surface area contributed by atoms with Gasteiger partial charge in [0.1, 0.15) is 10.7 Å². The minimum absolute atomic E-state index is 0.0979. The highest BCUT2D eigenvalue weighted by Crippen LogP contribution is 2.35. The van der Waals surface area contributed by atoms with E-state index in [9.17, 15) is 4.79 Å². The van der Waals surface area contributed by atoms with Crippen LogP contribution in [0.4, 0.5) is 16.6 Å². The Balaban J connectivity index is 1.45. The molecule has 1 aliphatic heterocycles. The lowest BCUT2D eigenvalue weighted by atomic mass is 10.1. The molecule has 0 bridgehead atoms. The van der Waals surface area contributed by atoms with Crippen molar-refractivity contribution in [1.29, 1.82) is 0 Å². The Morgan fingerprint density at radius 3 is 2.69 bits per heavy atom. The molecule has 5 rings (SSSR count). The monoisotopic (exact) mass is 461 g/mol. The maximum atomic E-state index is 13.3. The van der Waals surface area contributed by atoms with Gasteiger partial charge < -0.3 is 5.32 Å². The summed E-state index contributed by atoms with van der Waals surface area (Å²) in [6.45, 7) is 4.51. The average Bonchev–Trinajstić information content (AvgIpc) is 3.19. The smallest absolute Gasteiger partial charge is 0.271 e. The maximum absolute atomic E-state index is 13.3. The second-order valence-corrected chi connectivity index (χ2v) is 9.10. The molecule has 1 amide bonds. The molecule has 1 aliphatic rings. The second-order valence-electron chi connectivity index (χ2n) is 7.69. The van der Waals surface area contributed by atoms with Crippen LogP contribution >= 0.6 is 22.9 Å². The van der Waals surface area contributed by atoms with Gasteiger partial charge in [-0.25, -0.2) is 9.97 Å². The van der Waals surface area contributed by atoms with E-state index in [2.05, 4.69) is 26.3 Å². The fourth-order valence-corrected chi connectivity index (χ4v) is 4.98. The maximum Gasteiger partial charge on any atom is 0.271 e. The number of nitrogens with zero attached hydrogens (tertiary/aromatic N) is 4. The molecule has 0 fully saturated rings. The molecule has 0 saturated carbocycles. The van der Waals surface area contributed by atoms with E-state index in [1.54, 1.807) is 11.1 Å². The van der Waals surface area contributed by atoms with Gasteiger partial charge in [-0.2, -0.15) is 0 Å². The van der Waals surface area contributed by atoms with Gasteiger partial charge in [0.05, 0.1) is 16.4 Å². The van der Waals surface area contributed by atoms with E-state index in [1.807, 2.05) is 56.4 Å². The molecule has 3 aromatic heterocycles. The van der Waals surface area contributed by atoms with Crippen molar-refractivity contribution in [2.24, 2.45) is 0 Å². The number of thiazole rings is 1. The summed E-state index contributed by atoms with van der Waals surface area (Å²) in [5.41, 5.74) is 5.42. The molecule has 1 N–H and O–H groups in total. The van der Waals surface area contributed by atoms with Crippen LogP contribution in [0, 0.1) is 13.8 Å². The van der Waals surface area contributed by atoms with E-state index in [0.717, 1.165) is 33.8 Å². The number of rotatable bonds is 4. The molecule has 0 unspecified atom stereocenters. The van der Waals surface area contributed by atoms with Gasteiger partial charge in [0, 0.05) is 36.6 Å². The van der Waals surface area contributed by atoms with E-state index in [0.29, 0.717) is 33.8 Å². The number of carbonyl (C=O) groups excluding carboxylic acids is 1. The van der Waals surface area contributed by atoms with E-state index < -0.39 is 0 Å². The van der Waals surface area contributed by atoms with E-state index in [-0.39, 0.29) is 5.91 Å². The van der Waals surface area contributed by atoms with Gasteiger partial charge in [-0.05, 0) is 43.2 Å². The highest BCUT2D eigenvalue weighted by Gasteiger charge is 2.30. The molecule has 6 nitrogen and oxygen atoms in total. The van der Waals surface area contributed by atoms with E-state index in [4.69, 9.17) is 11.6 Å². The van der Waals surface area contributed by atoms with Crippen molar-refractivity contribution in [2.45, 2.75) is 20.3 Å². The number of aromatic nitrogens is 3. The van der Waals surface area contributed by atoms with Crippen LogP contribution in [0.15, 0.2) is 54.9 Å². The van der Waals surface area contributed by atoms with Crippen LogP contribution in [0.1, 0.15) is 26.5 Å². The number of halogens is 1. The lowest BCUT2D eigenvalue weighted by molar-refractivity contribution is 0.0983. The summed E-state index contributed by atoms with van der Waals surface area (Å²) in [5, 5.41) is 4.49. The number of pyridine rings is 2. The SMILES string of the molecule is Cc1cnc(-c2cc(N3CCc4nc(Nc5ccccc5)sc4C3=O)ncc2Cl)c(C)c1. The van der Waals surface area contributed by atoms with Crippen molar-refractivity contribution in [3.63, 3.8) is 0 Å². The fourth-order valence-electron chi connectivity index (χ4n) is 3.80. The molecule has 0 radical (unpaired) electrons. The zero-order valence-corrected chi connectivity index (χ0v) is 19.2. The van der Waals surface area contributed by atoms with Crippen molar-refractivity contribution >= 4 is 45.5 Å². The molecule has 160 valence electrons. The Kier molecular flexibility index (Phi) is 5.36. The molecule has 0 saturated heterocycles. The van der Waals surface area contributed by atoms with Crippen LogP contribution in [0.25, 0.3) is 11.3 Å². The number of hydrogen-bond acceptors (Lipinski definition) is 6. The lowest BCUT2D eigenvalue weighted by Gasteiger charge is -2.25. The van der Waals surface area contributed by atoms with Crippen LogP contribution in [-0.4, -0.2) is 27.4 Å². The predicted octanol–water partition coefficient (Wildman–Crippen LogP) is 5.82. The lowest BCUT2D eigenvalue weighted by Crippen LogP contribution is -2.37. The number of para-hydroxylation sites is 1. The first-order valence-corrected chi connectivity index (χ1v) is 11.4. The number of hydrogen-bond donors (Lipinski definition) is 1. The molecule has 1 aromatic carbocycles. The van der Waals surface area contributed by atoms with Crippen molar-refractivity contribution < 1.29 is 4.79 Å². The number of carbonyl (C=O) groups is 1. The number of benzene rings is 1. The first-order valence-electron chi connectivity index (χ1n) is 10.2. The number of fused-ring (bicyclic) bond motifs is 1. The molecular formula is C24H20ClN5OS. The third-order valence-corrected chi connectivity index (χ3v) is 6.62. The highest BCUT2D eigenvalue weighted by atomic mass is 35.5. The highest BCUT2D eigenvalue weighted by molar-refractivity contribution is 7.17. The largest absolute Gasteiger partial charge is 0.332 e. The third-order valence-electron chi connectivity index (χ3n) is 5.32. The van der Waals surface area contributed by atoms with Crippen LogP contribution in [0.3, 0.4) is 0 Å². The second kappa shape index (κ2) is 8.33. The van der Waals surface area contributed by atoms with Crippen molar-refractivity contribution in [3.05, 3.63) is 81.6 Å². The van der Waals surface area contributed by atoms with Gasteiger partial charge in [-0.1, -0.05) is 47.2 Å². The summed E-state index contributed by atoms with van der Waals surface area (Å²) in [5.74, 6) is 0.465. The normalized spacial score (nSPS) is 13.2. The van der Waals surface area contributed by atoms with Crippen LogP contribution in [0.2, 0.25) is 5.02 Å². The van der Waals surface area contributed by atoms with Crippen LogP contribution in [-0.2, 0) is 6.42 Å². The summed E-state index contributed by atoms with van der Waals surface area (Å²) in [6, 6.07) is 13.7. The first-order chi connectivity index (χ1) is 15.5. The van der Waals surface area contributed by atoms with Gasteiger partial charge in [-0.15, -0.1) is 0 Å². The Hall–Kier alpha value is -3.29. The molecule has 32 heavy (non-hydrogen) atoms. The quantitative estimate of drug-likeness (QED) is 0.414. The molecule has 4 heterocycles. The van der Waals surface area contributed by atoms with Crippen molar-refractivity contribution in [3.8, 4) is 11.3 Å². The Labute approximate surface area is 194 Å². The molecule has 0 atom stereocenters. The molecule has 0 aliphatic carbocycles.